The molecule has 0 aliphatic rings. The van der Waals surface area contributed by atoms with E-state index in [1.165, 1.54) is 13.2 Å². The molecule has 0 aliphatic carbocycles. The van der Waals surface area contributed by atoms with Crippen LogP contribution in [0.15, 0.2) is 11.6 Å². The molecule has 6 nitrogen and oxygen atoms in total. The molecule has 0 aliphatic heterocycles. The first-order valence-corrected chi connectivity index (χ1v) is 5.10. The van der Waals surface area contributed by atoms with Crippen molar-refractivity contribution < 1.29 is 29.0 Å². The lowest BCUT2D eigenvalue weighted by atomic mass is 9.99. The molecule has 0 amide bonds. The van der Waals surface area contributed by atoms with E-state index in [0.717, 1.165) is 0 Å². The van der Waals surface area contributed by atoms with E-state index in [2.05, 4.69) is 9.47 Å². The third kappa shape index (κ3) is 4.67. The van der Waals surface area contributed by atoms with Gasteiger partial charge in [0.15, 0.2) is 5.92 Å². The normalized spacial score (nSPS) is 12.8. The van der Waals surface area contributed by atoms with Crippen LogP contribution in [0.2, 0.25) is 0 Å². The molecule has 0 bridgehead atoms. The van der Waals surface area contributed by atoms with E-state index in [1.54, 1.807) is 13.8 Å². The van der Waals surface area contributed by atoms with Crippen LogP contribution in [-0.4, -0.2) is 36.7 Å². The first kappa shape index (κ1) is 15.2. The second-order valence-electron chi connectivity index (χ2n) is 3.15. The predicted molar refractivity (Wildman–Crippen MR) is 58.1 cm³/mol. The maximum Gasteiger partial charge on any atom is 0.333 e. The van der Waals surface area contributed by atoms with Crippen LogP contribution < -0.4 is 0 Å². The second-order valence-corrected chi connectivity index (χ2v) is 3.15. The fourth-order valence-corrected chi connectivity index (χ4v) is 1.18. The minimum absolute atomic E-state index is 0.0893. The largest absolute Gasteiger partial charge is 0.481 e. The van der Waals surface area contributed by atoms with Gasteiger partial charge in [0.25, 0.3) is 0 Å². The Kier molecular flexibility index (Phi) is 6.62. The maximum absolute atomic E-state index is 11.4. The Morgan fingerprint density at radius 3 is 2.29 bits per heavy atom. The third-order valence-electron chi connectivity index (χ3n) is 2.09. The highest BCUT2D eigenvalue weighted by Crippen LogP contribution is 2.15. The summed E-state index contributed by atoms with van der Waals surface area (Å²) in [6, 6.07) is 0. The van der Waals surface area contributed by atoms with E-state index in [-0.39, 0.29) is 18.6 Å². The smallest absolute Gasteiger partial charge is 0.333 e. The predicted octanol–water partition coefficient (Wildman–Crippen LogP) is 0.760. The number of carboxylic acid groups (broad SMARTS) is 1. The Morgan fingerprint density at radius 2 is 1.94 bits per heavy atom. The van der Waals surface area contributed by atoms with E-state index in [9.17, 15) is 14.4 Å². The van der Waals surface area contributed by atoms with Gasteiger partial charge < -0.3 is 14.6 Å². The first-order valence-electron chi connectivity index (χ1n) is 5.10. The van der Waals surface area contributed by atoms with Gasteiger partial charge in [-0.05, 0) is 13.8 Å². The Hall–Kier alpha value is -1.85. The molecule has 0 aromatic rings. The van der Waals surface area contributed by atoms with Crippen LogP contribution in [0.3, 0.4) is 0 Å². The van der Waals surface area contributed by atoms with Crippen molar-refractivity contribution in [2.75, 3.05) is 13.7 Å². The standard InChI is InChI=1S/C11H16O6/c1-4-7(10(14)16-3)6-8(9(12)13)11(15)17-5-2/h4,8H,5-6H2,1-3H3,(H,12,13)/b7-4-. The molecule has 0 saturated heterocycles. The number of carbonyl (C=O) groups is 3. The van der Waals surface area contributed by atoms with E-state index >= 15 is 0 Å². The van der Waals surface area contributed by atoms with Crippen molar-refractivity contribution in [1.29, 1.82) is 0 Å². The molecule has 0 fully saturated rings. The number of allylic oxidation sites excluding steroid dienone is 1. The molecule has 0 rings (SSSR count). The van der Waals surface area contributed by atoms with E-state index < -0.39 is 23.8 Å². The molecule has 0 saturated carbocycles. The molecule has 0 aromatic carbocycles. The lowest BCUT2D eigenvalue weighted by molar-refractivity contribution is -0.158. The summed E-state index contributed by atoms with van der Waals surface area (Å²) in [7, 11) is 1.19. The Labute approximate surface area is 99.2 Å². The fourth-order valence-electron chi connectivity index (χ4n) is 1.18. The van der Waals surface area contributed by atoms with E-state index in [4.69, 9.17) is 5.11 Å². The summed E-state index contributed by atoms with van der Waals surface area (Å²) in [5.41, 5.74) is 0.132. The minimum atomic E-state index is -1.39. The quantitative estimate of drug-likeness (QED) is 0.421. The number of carbonyl (C=O) groups excluding carboxylic acids is 2. The molecule has 1 unspecified atom stereocenters. The van der Waals surface area contributed by atoms with Gasteiger partial charge in [0.05, 0.1) is 13.7 Å². The maximum atomic E-state index is 11.4. The highest BCUT2D eigenvalue weighted by molar-refractivity contribution is 5.97. The lowest BCUT2D eigenvalue weighted by Crippen LogP contribution is -2.27. The number of esters is 2. The zero-order valence-corrected chi connectivity index (χ0v) is 10.1. The van der Waals surface area contributed by atoms with Crippen molar-refractivity contribution >= 4 is 17.9 Å². The summed E-state index contributed by atoms with van der Waals surface area (Å²) in [4.78, 5) is 33.5. The topological polar surface area (TPSA) is 89.9 Å². The van der Waals surface area contributed by atoms with Crippen LogP contribution in [0.25, 0.3) is 0 Å². The highest BCUT2D eigenvalue weighted by Gasteiger charge is 2.30. The Morgan fingerprint density at radius 1 is 1.35 bits per heavy atom. The molecule has 0 aromatic heterocycles. The van der Waals surface area contributed by atoms with Gasteiger partial charge in [0.1, 0.15) is 0 Å². The van der Waals surface area contributed by atoms with Crippen LogP contribution in [0.5, 0.6) is 0 Å². The molecule has 17 heavy (non-hydrogen) atoms. The number of hydrogen-bond donors (Lipinski definition) is 1. The minimum Gasteiger partial charge on any atom is -0.481 e. The molecule has 1 atom stereocenters. The van der Waals surface area contributed by atoms with Gasteiger partial charge in [-0.25, -0.2) is 4.79 Å². The van der Waals surface area contributed by atoms with Gasteiger partial charge in [-0.3, -0.25) is 9.59 Å². The number of hydrogen-bond acceptors (Lipinski definition) is 5. The summed E-state index contributed by atoms with van der Waals surface area (Å²) in [5, 5.41) is 8.89. The van der Waals surface area contributed by atoms with Gasteiger partial charge in [-0.2, -0.15) is 0 Å². The van der Waals surface area contributed by atoms with Crippen molar-refractivity contribution in [3.63, 3.8) is 0 Å². The lowest BCUT2D eigenvalue weighted by Gasteiger charge is -2.12. The molecule has 1 N–H and O–H groups in total. The second kappa shape index (κ2) is 7.43. The van der Waals surface area contributed by atoms with Gasteiger partial charge >= 0.3 is 17.9 Å². The first-order chi connectivity index (χ1) is 7.97. The van der Waals surface area contributed by atoms with E-state index in [0.29, 0.717) is 0 Å². The molecule has 96 valence electrons. The monoisotopic (exact) mass is 244 g/mol. The zero-order chi connectivity index (χ0) is 13.4. The number of aliphatic carboxylic acids is 1. The molecule has 0 heterocycles. The van der Waals surface area contributed by atoms with Crippen molar-refractivity contribution in [1.82, 2.24) is 0 Å². The Bertz CT molecular complexity index is 331. The zero-order valence-electron chi connectivity index (χ0n) is 10.1. The molecule has 0 radical (unpaired) electrons. The number of methoxy groups -OCH3 is 1. The summed E-state index contributed by atoms with van der Waals surface area (Å²) in [6.45, 7) is 3.23. The Balaban J connectivity index is 4.81. The average molecular weight is 244 g/mol. The average Bonchev–Trinajstić information content (AvgIpc) is 2.29. The van der Waals surface area contributed by atoms with Crippen molar-refractivity contribution in [2.24, 2.45) is 5.92 Å². The molecule has 0 spiro atoms. The van der Waals surface area contributed by atoms with Crippen molar-refractivity contribution in [3.8, 4) is 0 Å². The third-order valence-corrected chi connectivity index (χ3v) is 2.09. The summed E-state index contributed by atoms with van der Waals surface area (Å²) in [5.74, 6) is -4.22. The van der Waals surface area contributed by atoms with Gasteiger partial charge in [0.2, 0.25) is 0 Å². The molecular formula is C11H16O6. The van der Waals surface area contributed by atoms with Crippen LogP contribution in [0.4, 0.5) is 0 Å². The van der Waals surface area contributed by atoms with Gasteiger partial charge in [-0.1, -0.05) is 6.08 Å². The summed E-state index contributed by atoms with van der Waals surface area (Å²) in [6.07, 6.45) is 1.18. The van der Waals surface area contributed by atoms with E-state index in [1.807, 2.05) is 0 Å². The number of carboxylic acids is 1. The number of rotatable bonds is 6. The fraction of sp³-hybridized carbons (Fsp3) is 0.545. The van der Waals surface area contributed by atoms with Crippen molar-refractivity contribution in [3.05, 3.63) is 11.6 Å². The molecular weight excluding hydrogens is 228 g/mol. The highest BCUT2D eigenvalue weighted by atomic mass is 16.5. The van der Waals surface area contributed by atoms with Gasteiger partial charge in [0, 0.05) is 12.0 Å². The van der Waals surface area contributed by atoms with Gasteiger partial charge in [-0.15, -0.1) is 0 Å². The number of ether oxygens (including phenoxy) is 2. The van der Waals surface area contributed by atoms with Crippen LogP contribution in [0, 0.1) is 5.92 Å². The SMILES string of the molecule is C/C=C(/CC(C(=O)O)C(=O)OCC)C(=O)OC. The van der Waals surface area contributed by atoms with Crippen LogP contribution in [-0.2, 0) is 23.9 Å². The van der Waals surface area contributed by atoms with Crippen molar-refractivity contribution in [2.45, 2.75) is 20.3 Å². The van der Waals surface area contributed by atoms with Crippen LogP contribution >= 0.6 is 0 Å². The molecule has 6 heteroatoms. The summed E-state index contributed by atoms with van der Waals surface area (Å²) >= 11 is 0. The summed E-state index contributed by atoms with van der Waals surface area (Å²) < 4.78 is 9.10. The van der Waals surface area contributed by atoms with Crippen LogP contribution in [0.1, 0.15) is 20.3 Å².